The van der Waals surface area contributed by atoms with E-state index in [1.54, 1.807) is 4.90 Å². The summed E-state index contributed by atoms with van der Waals surface area (Å²) in [7, 11) is 0. The van der Waals surface area contributed by atoms with Crippen molar-refractivity contribution in [3.8, 4) is 0 Å². The quantitative estimate of drug-likeness (QED) is 0.328. The van der Waals surface area contributed by atoms with Crippen molar-refractivity contribution in [2.75, 3.05) is 13.2 Å². The molecule has 0 radical (unpaired) electrons. The van der Waals surface area contributed by atoms with Gasteiger partial charge in [0.05, 0.1) is 36.5 Å². The standard InChI is InChI=1S/C25H26F6N2O2/c26-24(27,28)19-11-17(12-20(13-19)25(29,30)31)14-35-22-7-4-10-32(15-33(16-34)21-8-9-21)23(22)18-5-2-1-3-6-18/h1-3,5-6,11-13,16,21-23H,4,7-10,14-15H2/t22-,23-/m0/s1. The van der Waals surface area contributed by atoms with E-state index in [1.807, 2.05) is 30.3 Å². The Labute approximate surface area is 199 Å². The molecule has 4 rings (SSSR count). The van der Waals surface area contributed by atoms with Gasteiger partial charge in [0, 0.05) is 12.6 Å². The van der Waals surface area contributed by atoms with Crippen molar-refractivity contribution in [3.63, 3.8) is 0 Å². The van der Waals surface area contributed by atoms with Gasteiger partial charge in [-0.15, -0.1) is 0 Å². The minimum Gasteiger partial charge on any atom is -0.372 e. The summed E-state index contributed by atoms with van der Waals surface area (Å²) in [4.78, 5) is 15.4. The van der Waals surface area contributed by atoms with E-state index in [4.69, 9.17) is 4.74 Å². The summed E-state index contributed by atoms with van der Waals surface area (Å²) in [6.07, 6.45) is -6.27. The number of alkyl halides is 6. The van der Waals surface area contributed by atoms with E-state index in [2.05, 4.69) is 4.90 Å². The van der Waals surface area contributed by atoms with E-state index < -0.39 is 36.2 Å². The van der Waals surface area contributed by atoms with Crippen molar-refractivity contribution in [1.29, 1.82) is 0 Å². The highest BCUT2D eigenvalue weighted by atomic mass is 19.4. The van der Waals surface area contributed by atoms with Crippen LogP contribution < -0.4 is 0 Å². The predicted octanol–water partition coefficient (Wildman–Crippen LogP) is 6.02. The monoisotopic (exact) mass is 500 g/mol. The van der Waals surface area contributed by atoms with Crippen molar-refractivity contribution in [3.05, 3.63) is 70.8 Å². The van der Waals surface area contributed by atoms with Gasteiger partial charge in [0.25, 0.3) is 0 Å². The Kier molecular flexibility index (Phi) is 7.42. The Balaban J connectivity index is 1.58. The van der Waals surface area contributed by atoms with Gasteiger partial charge < -0.3 is 9.64 Å². The first-order valence-electron chi connectivity index (χ1n) is 11.5. The third kappa shape index (κ3) is 6.35. The van der Waals surface area contributed by atoms with Gasteiger partial charge in [-0.3, -0.25) is 9.69 Å². The highest BCUT2D eigenvalue weighted by Crippen LogP contribution is 2.38. The minimum atomic E-state index is -4.91. The molecule has 1 amide bonds. The summed E-state index contributed by atoms with van der Waals surface area (Å²) in [5.74, 6) is 0. The van der Waals surface area contributed by atoms with Crippen LogP contribution in [0.2, 0.25) is 0 Å². The van der Waals surface area contributed by atoms with Crippen LogP contribution in [0.5, 0.6) is 0 Å². The first kappa shape index (κ1) is 25.5. The topological polar surface area (TPSA) is 32.8 Å². The molecule has 2 aliphatic rings. The van der Waals surface area contributed by atoms with Crippen molar-refractivity contribution >= 4 is 6.41 Å². The largest absolute Gasteiger partial charge is 0.416 e. The Morgan fingerprint density at radius 3 is 2.11 bits per heavy atom. The second kappa shape index (κ2) is 10.2. The Morgan fingerprint density at radius 1 is 0.943 bits per heavy atom. The molecule has 190 valence electrons. The zero-order valence-corrected chi connectivity index (χ0v) is 18.9. The van der Waals surface area contributed by atoms with Gasteiger partial charge >= 0.3 is 12.4 Å². The number of amides is 1. The highest BCUT2D eigenvalue weighted by Gasteiger charge is 2.39. The van der Waals surface area contributed by atoms with Crippen molar-refractivity contribution < 1.29 is 35.9 Å². The normalized spacial score (nSPS) is 21.7. The average Bonchev–Trinajstić information content (AvgIpc) is 3.66. The van der Waals surface area contributed by atoms with Gasteiger partial charge in [-0.1, -0.05) is 30.3 Å². The van der Waals surface area contributed by atoms with Crippen molar-refractivity contribution in [1.82, 2.24) is 9.80 Å². The Bertz CT molecular complexity index is 975. The highest BCUT2D eigenvalue weighted by molar-refractivity contribution is 5.48. The third-order valence-corrected chi connectivity index (χ3v) is 6.43. The molecule has 1 saturated carbocycles. The van der Waals surface area contributed by atoms with E-state index in [9.17, 15) is 31.1 Å². The lowest BCUT2D eigenvalue weighted by Crippen LogP contribution is -2.48. The first-order chi connectivity index (χ1) is 16.6. The number of ether oxygens (including phenoxy) is 1. The van der Waals surface area contributed by atoms with Crippen molar-refractivity contribution in [2.45, 2.75) is 62.8 Å². The molecular formula is C25H26F6N2O2. The maximum absolute atomic E-state index is 13.2. The summed E-state index contributed by atoms with van der Waals surface area (Å²) in [5.41, 5.74) is -1.99. The molecule has 0 unspecified atom stereocenters. The van der Waals surface area contributed by atoms with Gasteiger partial charge in [0.1, 0.15) is 0 Å². The molecule has 1 aliphatic carbocycles. The van der Waals surface area contributed by atoms with Crippen molar-refractivity contribution in [2.24, 2.45) is 0 Å². The number of nitrogens with zero attached hydrogens (tertiary/aromatic N) is 2. The number of rotatable bonds is 8. The fraction of sp³-hybridized carbons (Fsp3) is 0.480. The Hall–Kier alpha value is -2.59. The van der Waals surface area contributed by atoms with Gasteiger partial charge in [-0.05, 0) is 55.0 Å². The molecule has 2 atom stereocenters. The number of hydrogen-bond donors (Lipinski definition) is 0. The van der Waals surface area contributed by atoms with Crippen LogP contribution in [0.25, 0.3) is 0 Å². The summed E-state index contributed by atoms with van der Waals surface area (Å²) >= 11 is 0. The van der Waals surface area contributed by atoms with E-state index in [0.717, 1.165) is 31.2 Å². The lowest BCUT2D eigenvalue weighted by atomic mass is 9.92. The number of benzene rings is 2. The molecule has 2 aromatic rings. The van der Waals surface area contributed by atoms with Crippen LogP contribution in [-0.4, -0.2) is 41.6 Å². The van der Waals surface area contributed by atoms with Crippen LogP contribution in [0.3, 0.4) is 0 Å². The maximum atomic E-state index is 13.2. The molecule has 1 heterocycles. The molecule has 0 aromatic heterocycles. The van der Waals surface area contributed by atoms with Crippen LogP contribution in [-0.2, 0) is 28.5 Å². The molecule has 35 heavy (non-hydrogen) atoms. The van der Waals surface area contributed by atoms with E-state index in [1.165, 1.54) is 0 Å². The molecule has 2 aromatic carbocycles. The van der Waals surface area contributed by atoms with E-state index >= 15 is 0 Å². The molecular weight excluding hydrogens is 474 g/mol. The number of carbonyl (C=O) groups is 1. The smallest absolute Gasteiger partial charge is 0.372 e. The summed E-state index contributed by atoms with van der Waals surface area (Å²) < 4.78 is 85.5. The van der Waals surface area contributed by atoms with E-state index in [0.29, 0.717) is 31.8 Å². The van der Waals surface area contributed by atoms with Crippen LogP contribution in [0.15, 0.2) is 48.5 Å². The number of carbonyl (C=O) groups excluding carboxylic acids is 1. The van der Waals surface area contributed by atoms with Crippen LogP contribution in [0.1, 0.15) is 54.0 Å². The lowest BCUT2D eigenvalue weighted by molar-refractivity contribution is -0.143. The summed E-state index contributed by atoms with van der Waals surface area (Å²) in [6, 6.07) is 10.8. The lowest BCUT2D eigenvalue weighted by Gasteiger charge is -2.43. The predicted molar refractivity (Wildman–Crippen MR) is 116 cm³/mol. The average molecular weight is 500 g/mol. The molecule has 0 N–H and O–H groups in total. The molecule has 0 spiro atoms. The second-order valence-electron chi connectivity index (χ2n) is 9.07. The maximum Gasteiger partial charge on any atom is 0.416 e. The van der Waals surface area contributed by atoms with Gasteiger partial charge in [0.15, 0.2) is 0 Å². The zero-order chi connectivity index (χ0) is 25.2. The number of piperidine rings is 1. The minimum absolute atomic E-state index is 0.116. The molecule has 1 saturated heterocycles. The van der Waals surface area contributed by atoms with Crippen LogP contribution in [0, 0.1) is 0 Å². The fourth-order valence-corrected chi connectivity index (χ4v) is 4.59. The molecule has 10 heteroatoms. The molecule has 2 fully saturated rings. The van der Waals surface area contributed by atoms with Gasteiger partial charge in [0.2, 0.25) is 6.41 Å². The number of halogens is 6. The SMILES string of the molecule is O=CN(CN1CCC[C@H](OCc2cc(C(F)(F)F)cc(C(F)(F)F)c2)[C@@H]1c1ccccc1)C1CC1. The molecule has 1 aliphatic heterocycles. The molecule has 4 nitrogen and oxygen atoms in total. The zero-order valence-electron chi connectivity index (χ0n) is 18.9. The van der Waals surface area contributed by atoms with Gasteiger partial charge in [-0.2, -0.15) is 26.3 Å². The van der Waals surface area contributed by atoms with Crippen LogP contribution >= 0.6 is 0 Å². The summed E-state index contributed by atoms with van der Waals surface area (Å²) in [5, 5.41) is 0. The van der Waals surface area contributed by atoms with Crippen LogP contribution in [0.4, 0.5) is 26.3 Å². The number of hydrogen-bond acceptors (Lipinski definition) is 3. The number of likely N-dealkylation sites (tertiary alicyclic amines) is 1. The Morgan fingerprint density at radius 2 is 1.57 bits per heavy atom. The van der Waals surface area contributed by atoms with E-state index in [-0.39, 0.29) is 23.7 Å². The summed E-state index contributed by atoms with van der Waals surface area (Å²) in [6.45, 7) is 0.683. The second-order valence-corrected chi connectivity index (χ2v) is 9.07. The fourth-order valence-electron chi connectivity index (χ4n) is 4.59. The molecule has 0 bridgehead atoms. The first-order valence-corrected chi connectivity index (χ1v) is 11.5. The third-order valence-electron chi connectivity index (χ3n) is 6.43. The van der Waals surface area contributed by atoms with Gasteiger partial charge in [-0.25, -0.2) is 0 Å².